The molecule has 0 amide bonds. The van der Waals surface area contributed by atoms with Gasteiger partial charge in [-0.15, -0.1) is 0 Å². The van der Waals surface area contributed by atoms with Crippen molar-refractivity contribution < 1.29 is 4.42 Å². The molecular formula is C56H33BN2O. The topological polar surface area (TPSA) is 19.6 Å². The zero-order valence-corrected chi connectivity index (χ0v) is 32.4. The number of rotatable bonds is 2. The maximum Gasteiger partial charge on any atom is 0.257 e. The molecule has 0 aliphatic carbocycles. The molecule has 12 aromatic rings. The second-order valence-electron chi connectivity index (χ2n) is 16.3. The first-order valence-corrected chi connectivity index (χ1v) is 20.8. The number of para-hydroxylation sites is 2. The molecule has 4 heteroatoms. The van der Waals surface area contributed by atoms with E-state index in [-0.39, 0.29) is 6.71 Å². The Kier molecular flexibility index (Phi) is 6.37. The van der Waals surface area contributed by atoms with Crippen molar-refractivity contribution in [3.63, 3.8) is 0 Å². The molecule has 276 valence electrons. The minimum atomic E-state index is -0.0451. The van der Waals surface area contributed by atoms with E-state index in [2.05, 4.69) is 210 Å². The summed E-state index contributed by atoms with van der Waals surface area (Å²) in [5, 5.41) is 16.2. The third kappa shape index (κ3) is 4.14. The lowest BCUT2D eigenvalue weighted by Gasteiger charge is -2.42. The van der Waals surface area contributed by atoms with Crippen molar-refractivity contribution in [2.75, 3.05) is 9.80 Å². The van der Waals surface area contributed by atoms with Gasteiger partial charge in [0.25, 0.3) is 6.71 Å². The van der Waals surface area contributed by atoms with Crippen molar-refractivity contribution in [1.29, 1.82) is 0 Å². The second kappa shape index (κ2) is 11.9. The standard InChI is InChI=1S/C56H33BN2O/c1-2-17-37-35(15-1)36-16-4-6-21-41(36)46-33-34(31-32-42(37)46)58-48-26-11-10-25-47(48)57-54-45-23-9-12-30-52(45)60-56(54)59(51-29-14-28-50(58)55(51)57)49-27-13-24-44-40-19-5-3-18-38(40)39-20-7-8-22-43(39)53(44)49/h1-33H. The van der Waals surface area contributed by atoms with Crippen LogP contribution < -0.4 is 26.2 Å². The van der Waals surface area contributed by atoms with Gasteiger partial charge < -0.3 is 9.32 Å². The van der Waals surface area contributed by atoms with E-state index in [0.717, 1.165) is 33.9 Å². The van der Waals surface area contributed by atoms with Gasteiger partial charge in [-0.05, 0) is 113 Å². The highest BCUT2D eigenvalue weighted by Crippen LogP contribution is 2.49. The van der Waals surface area contributed by atoms with Gasteiger partial charge in [-0.1, -0.05) is 158 Å². The summed E-state index contributed by atoms with van der Waals surface area (Å²) >= 11 is 0. The molecule has 2 aliphatic heterocycles. The number of anilines is 6. The summed E-state index contributed by atoms with van der Waals surface area (Å²) in [5.41, 5.74) is 10.4. The number of benzene rings is 11. The average Bonchev–Trinajstić information content (AvgIpc) is 3.70. The second-order valence-corrected chi connectivity index (χ2v) is 16.3. The lowest BCUT2D eigenvalue weighted by Crippen LogP contribution is -2.61. The fourth-order valence-corrected chi connectivity index (χ4v) is 11.0. The van der Waals surface area contributed by atoms with E-state index in [0.29, 0.717) is 0 Å². The predicted octanol–water partition coefficient (Wildman–Crippen LogP) is 13.4. The maximum atomic E-state index is 7.12. The first kappa shape index (κ1) is 32.2. The fraction of sp³-hybridized carbons (Fsp3) is 0. The fourth-order valence-electron chi connectivity index (χ4n) is 11.0. The van der Waals surface area contributed by atoms with Crippen LogP contribution in [0.3, 0.4) is 0 Å². The number of nitrogens with zero attached hydrogens (tertiary/aromatic N) is 2. The lowest BCUT2D eigenvalue weighted by molar-refractivity contribution is 0.623. The van der Waals surface area contributed by atoms with Crippen molar-refractivity contribution >= 4 is 133 Å². The smallest absolute Gasteiger partial charge is 0.257 e. The van der Waals surface area contributed by atoms with Crippen molar-refractivity contribution in [3.05, 3.63) is 200 Å². The minimum Gasteiger partial charge on any atom is -0.440 e. The molecule has 3 heterocycles. The van der Waals surface area contributed by atoms with Crippen molar-refractivity contribution in [2.24, 2.45) is 0 Å². The molecule has 0 N–H and O–H groups in total. The van der Waals surface area contributed by atoms with Gasteiger partial charge in [-0.3, -0.25) is 4.90 Å². The van der Waals surface area contributed by atoms with Gasteiger partial charge in [-0.2, -0.15) is 0 Å². The molecule has 0 atom stereocenters. The zero-order chi connectivity index (χ0) is 39.1. The van der Waals surface area contributed by atoms with Crippen LogP contribution >= 0.6 is 0 Å². The third-order valence-corrected chi connectivity index (χ3v) is 13.4. The molecule has 0 bridgehead atoms. The quantitative estimate of drug-likeness (QED) is 0.129. The summed E-state index contributed by atoms with van der Waals surface area (Å²) in [4.78, 5) is 4.94. The normalized spacial score (nSPS) is 13.2. The number of fused-ring (bicyclic) bond motifs is 18. The SMILES string of the molecule is c1ccc2c(c1)B1c3c(cccc3N(c3cccc4c5ccccc5c5ccccc5c34)c3oc4ccccc4c31)N2c1ccc2c3ccccc3c3ccccc3c2c1. The van der Waals surface area contributed by atoms with E-state index in [9.17, 15) is 0 Å². The van der Waals surface area contributed by atoms with E-state index in [1.54, 1.807) is 0 Å². The van der Waals surface area contributed by atoms with Gasteiger partial charge in [0.2, 0.25) is 5.88 Å². The minimum absolute atomic E-state index is 0.0451. The number of hydrogen-bond donors (Lipinski definition) is 0. The molecule has 2 aliphatic rings. The van der Waals surface area contributed by atoms with Gasteiger partial charge in [0.15, 0.2) is 0 Å². The lowest BCUT2D eigenvalue weighted by atomic mass is 9.33. The molecule has 1 aromatic heterocycles. The summed E-state index contributed by atoms with van der Waals surface area (Å²) in [6, 6.07) is 73.7. The maximum absolute atomic E-state index is 7.12. The molecule has 0 unspecified atom stereocenters. The summed E-state index contributed by atoms with van der Waals surface area (Å²) in [6.07, 6.45) is 0. The van der Waals surface area contributed by atoms with Crippen LogP contribution in [0, 0.1) is 0 Å². The highest BCUT2D eigenvalue weighted by Gasteiger charge is 2.46. The molecule has 0 saturated heterocycles. The molecular weight excluding hydrogens is 727 g/mol. The summed E-state index contributed by atoms with van der Waals surface area (Å²) < 4.78 is 7.12. The number of hydrogen-bond acceptors (Lipinski definition) is 3. The van der Waals surface area contributed by atoms with Gasteiger partial charge in [0.1, 0.15) is 5.58 Å². The van der Waals surface area contributed by atoms with E-state index in [1.807, 2.05) is 0 Å². The van der Waals surface area contributed by atoms with E-state index in [4.69, 9.17) is 4.42 Å². The van der Waals surface area contributed by atoms with Crippen LogP contribution in [0.15, 0.2) is 205 Å². The van der Waals surface area contributed by atoms with Gasteiger partial charge >= 0.3 is 0 Å². The first-order chi connectivity index (χ1) is 29.8. The van der Waals surface area contributed by atoms with Gasteiger partial charge in [-0.25, -0.2) is 0 Å². The Hall–Kier alpha value is -7.82. The molecule has 60 heavy (non-hydrogen) atoms. The monoisotopic (exact) mass is 760 g/mol. The van der Waals surface area contributed by atoms with Crippen LogP contribution in [-0.4, -0.2) is 6.71 Å². The van der Waals surface area contributed by atoms with E-state index < -0.39 is 0 Å². The Morgan fingerprint density at radius 3 is 1.43 bits per heavy atom. The summed E-state index contributed by atoms with van der Waals surface area (Å²) in [5.74, 6) is 0.878. The Balaban J connectivity index is 1.09. The van der Waals surface area contributed by atoms with E-state index >= 15 is 0 Å². The summed E-state index contributed by atoms with van der Waals surface area (Å²) in [6.45, 7) is -0.0451. The van der Waals surface area contributed by atoms with Crippen LogP contribution in [0.5, 0.6) is 0 Å². The highest BCUT2D eigenvalue weighted by atomic mass is 16.4. The average molecular weight is 761 g/mol. The largest absolute Gasteiger partial charge is 0.440 e. The zero-order valence-electron chi connectivity index (χ0n) is 32.4. The number of furan rings is 1. The molecule has 0 radical (unpaired) electrons. The summed E-state index contributed by atoms with van der Waals surface area (Å²) in [7, 11) is 0. The Bertz CT molecular complexity index is 3750. The van der Waals surface area contributed by atoms with Crippen LogP contribution in [0.25, 0.3) is 75.6 Å². The third-order valence-electron chi connectivity index (χ3n) is 13.4. The molecule has 0 spiro atoms. The van der Waals surface area contributed by atoms with Gasteiger partial charge in [0.05, 0.1) is 5.69 Å². The van der Waals surface area contributed by atoms with Crippen LogP contribution in [0.4, 0.5) is 34.3 Å². The molecule has 0 fully saturated rings. The van der Waals surface area contributed by atoms with Crippen molar-refractivity contribution in [3.8, 4) is 0 Å². The molecule has 3 nitrogen and oxygen atoms in total. The molecule has 0 saturated carbocycles. The van der Waals surface area contributed by atoms with Crippen LogP contribution in [0.2, 0.25) is 0 Å². The highest BCUT2D eigenvalue weighted by molar-refractivity contribution is 7.01. The van der Waals surface area contributed by atoms with Crippen molar-refractivity contribution in [1.82, 2.24) is 0 Å². The molecule has 14 rings (SSSR count). The van der Waals surface area contributed by atoms with Crippen LogP contribution in [-0.2, 0) is 0 Å². The molecule has 11 aromatic carbocycles. The van der Waals surface area contributed by atoms with Crippen LogP contribution in [0.1, 0.15) is 0 Å². The van der Waals surface area contributed by atoms with Gasteiger partial charge in [0, 0.05) is 39.0 Å². The van der Waals surface area contributed by atoms with E-state index in [1.165, 1.54) is 92.4 Å². The Morgan fingerprint density at radius 1 is 0.317 bits per heavy atom. The van der Waals surface area contributed by atoms with Crippen molar-refractivity contribution in [2.45, 2.75) is 0 Å². The predicted molar refractivity (Wildman–Crippen MR) is 255 cm³/mol. The Morgan fingerprint density at radius 2 is 0.767 bits per heavy atom. The first-order valence-electron chi connectivity index (χ1n) is 20.8. The Labute approximate surface area is 346 Å².